The fourth-order valence-electron chi connectivity index (χ4n) is 3.95. The molecule has 13 nitrogen and oxygen atoms in total. The molecular formula is C28H32Br2N4O9. The number of benzene rings is 2. The van der Waals surface area contributed by atoms with Gasteiger partial charge in [0.25, 0.3) is 0 Å². The molecule has 2 aromatic carbocycles. The molecule has 15 heteroatoms. The molecule has 1 aliphatic heterocycles. The van der Waals surface area contributed by atoms with Crippen LogP contribution in [-0.2, 0) is 19.1 Å². The number of amides is 2. The Morgan fingerprint density at radius 1 is 1.09 bits per heavy atom. The topological polar surface area (TPSA) is 166 Å². The summed E-state index contributed by atoms with van der Waals surface area (Å²) in [4.78, 5) is 36.1. The molecule has 0 radical (unpaired) electrons. The molecule has 2 aromatic rings. The molecular weight excluding hydrogens is 696 g/mol. The lowest BCUT2D eigenvalue weighted by Crippen LogP contribution is -2.45. The number of hydrazone groups is 1. The fourth-order valence-corrected chi connectivity index (χ4v) is 5.40. The first-order valence-corrected chi connectivity index (χ1v) is 14.7. The van der Waals surface area contributed by atoms with Crippen LogP contribution in [0.25, 0.3) is 0 Å². The highest BCUT2D eigenvalue weighted by atomic mass is 79.9. The maximum absolute atomic E-state index is 12.4. The predicted molar refractivity (Wildman–Crippen MR) is 163 cm³/mol. The van der Waals surface area contributed by atoms with Gasteiger partial charge >= 0.3 is 18.0 Å². The molecule has 0 fully saturated rings. The van der Waals surface area contributed by atoms with E-state index in [1.807, 2.05) is 0 Å². The lowest BCUT2D eigenvalue weighted by molar-refractivity contribution is -0.145. The molecule has 1 heterocycles. The fraction of sp³-hybridized carbons (Fsp3) is 0.357. The van der Waals surface area contributed by atoms with E-state index in [0.717, 1.165) is 0 Å². The monoisotopic (exact) mass is 726 g/mol. The maximum Gasteiger partial charge on any atom is 0.344 e. The minimum absolute atomic E-state index is 0.179. The van der Waals surface area contributed by atoms with Gasteiger partial charge in [-0.3, -0.25) is 5.43 Å². The van der Waals surface area contributed by atoms with E-state index < -0.39 is 30.2 Å². The van der Waals surface area contributed by atoms with Gasteiger partial charge < -0.3 is 39.4 Å². The van der Waals surface area contributed by atoms with Crippen molar-refractivity contribution >= 4 is 56.0 Å². The highest BCUT2D eigenvalue weighted by molar-refractivity contribution is 9.11. The summed E-state index contributed by atoms with van der Waals surface area (Å²) in [7, 11) is 1.27. The average Bonchev–Trinajstić information content (AvgIpc) is 2.95. The molecule has 2 amide bonds. The lowest BCUT2D eigenvalue weighted by atomic mass is 9.95. The summed E-state index contributed by atoms with van der Waals surface area (Å²) in [6, 6.07) is 7.17. The highest BCUT2D eigenvalue weighted by Crippen LogP contribution is 2.36. The smallest absolute Gasteiger partial charge is 0.344 e. The molecule has 0 saturated heterocycles. The van der Waals surface area contributed by atoms with Crippen LogP contribution in [-0.4, -0.2) is 69.1 Å². The van der Waals surface area contributed by atoms with Crippen molar-refractivity contribution in [2.75, 3.05) is 33.5 Å². The van der Waals surface area contributed by atoms with Gasteiger partial charge in [0, 0.05) is 5.70 Å². The number of nitrogens with one attached hydrogen (secondary N) is 3. The van der Waals surface area contributed by atoms with Crippen LogP contribution >= 0.6 is 31.9 Å². The van der Waals surface area contributed by atoms with E-state index in [0.29, 0.717) is 49.6 Å². The van der Waals surface area contributed by atoms with Gasteiger partial charge in [-0.1, -0.05) is 6.07 Å². The zero-order valence-corrected chi connectivity index (χ0v) is 27.0. The lowest BCUT2D eigenvalue weighted by Gasteiger charge is -2.28. The van der Waals surface area contributed by atoms with Crippen molar-refractivity contribution < 1.29 is 43.2 Å². The number of halogens is 2. The number of urea groups is 1. The van der Waals surface area contributed by atoms with Crippen LogP contribution in [0.3, 0.4) is 0 Å². The number of allylic oxidation sites excluding steroid dienone is 1. The minimum atomic E-state index is -1.18. The molecule has 43 heavy (non-hydrogen) atoms. The second-order valence-corrected chi connectivity index (χ2v) is 10.5. The molecule has 0 unspecified atom stereocenters. The van der Waals surface area contributed by atoms with Crippen LogP contribution < -0.4 is 30.3 Å². The Balaban J connectivity index is 1.64. The largest absolute Gasteiger partial charge is 0.490 e. The van der Waals surface area contributed by atoms with Crippen LogP contribution in [0.15, 0.2) is 55.6 Å². The molecule has 0 aliphatic carbocycles. The number of rotatable bonds is 14. The Labute approximate surface area is 265 Å². The van der Waals surface area contributed by atoms with Crippen LogP contribution in [0, 0.1) is 0 Å². The number of nitrogens with zero attached hydrogens (tertiary/aromatic N) is 1. The second-order valence-electron chi connectivity index (χ2n) is 8.82. The number of methoxy groups -OCH3 is 1. The van der Waals surface area contributed by atoms with E-state index in [2.05, 4.69) is 53.0 Å². The zero-order chi connectivity index (χ0) is 31.5. The van der Waals surface area contributed by atoms with Gasteiger partial charge in [0.1, 0.15) is 12.4 Å². The molecule has 0 bridgehead atoms. The molecule has 4 N–H and O–H groups in total. The van der Waals surface area contributed by atoms with Crippen LogP contribution in [0.2, 0.25) is 0 Å². The second kappa shape index (κ2) is 16.1. The third-order valence-corrected chi connectivity index (χ3v) is 6.95. The summed E-state index contributed by atoms with van der Waals surface area (Å²) in [5.41, 5.74) is 4.46. The van der Waals surface area contributed by atoms with Crippen LogP contribution in [0.1, 0.15) is 37.9 Å². The van der Waals surface area contributed by atoms with Crippen LogP contribution in [0.5, 0.6) is 17.2 Å². The van der Waals surface area contributed by atoms with Gasteiger partial charge in [0.05, 0.1) is 47.1 Å². The summed E-state index contributed by atoms with van der Waals surface area (Å²) >= 11 is 6.82. The molecule has 0 saturated carbocycles. The molecule has 232 valence electrons. The number of carbonyl (C=O) groups excluding carboxylic acids is 3. The van der Waals surface area contributed by atoms with Crippen molar-refractivity contribution in [2.45, 2.75) is 33.0 Å². The van der Waals surface area contributed by atoms with Crippen molar-refractivity contribution in [3.8, 4) is 17.2 Å². The van der Waals surface area contributed by atoms with Crippen LogP contribution in [0.4, 0.5) is 4.79 Å². The Morgan fingerprint density at radius 3 is 2.47 bits per heavy atom. The first kappa shape index (κ1) is 33.7. The number of aliphatic hydroxyl groups is 1. The third kappa shape index (κ3) is 9.33. The number of esters is 2. The van der Waals surface area contributed by atoms with E-state index >= 15 is 0 Å². The standard InChI is InChI=1S/C28H32Br2N4O9/c1-5-40-21-11-17(25-24(27(37)39-4)15(3)32-28(38)33-25)7-8-20(21)42-13-22(35)34-31-12-16-9-18(29)26(19(30)10-16)43-14-23(36)41-6-2/h7-12,22,25,34-35H,5-6,13-14H2,1-4H3,(H2,32,33,38)/b31-12-/t22-,25+/m1/s1. The zero-order valence-electron chi connectivity index (χ0n) is 23.9. The number of aliphatic hydroxyl groups excluding tert-OH is 1. The van der Waals surface area contributed by atoms with Gasteiger partial charge in [-0.2, -0.15) is 5.10 Å². The van der Waals surface area contributed by atoms with E-state index in [9.17, 15) is 19.5 Å². The molecule has 0 spiro atoms. The van der Waals surface area contributed by atoms with E-state index in [1.54, 1.807) is 51.1 Å². The first-order chi connectivity index (χ1) is 20.6. The number of hydrogen-bond acceptors (Lipinski definition) is 11. The van der Waals surface area contributed by atoms with Gasteiger partial charge in [-0.15, -0.1) is 0 Å². The number of carbonyl (C=O) groups is 3. The molecule has 0 aromatic heterocycles. The molecule has 2 atom stereocenters. The summed E-state index contributed by atoms with van der Waals surface area (Å²) < 4.78 is 27.9. The summed E-state index contributed by atoms with van der Waals surface area (Å²) in [5.74, 6) is 0.0541. The summed E-state index contributed by atoms with van der Waals surface area (Å²) in [6.07, 6.45) is 0.306. The Morgan fingerprint density at radius 2 is 1.81 bits per heavy atom. The third-order valence-electron chi connectivity index (χ3n) is 5.77. The summed E-state index contributed by atoms with van der Waals surface area (Å²) in [6.45, 7) is 5.30. The molecule has 1 aliphatic rings. The first-order valence-electron chi connectivity index (χ1n) is 13.1. The van der Waals surface area contributed by atoms with E-state index in [1.165, 1.54) is 13.3 Å². The predicted octanol–water partition coefficient (Wildman–Crippen LogP) is 3.67. The minimum Gasteiger partial charge on any atom is -0.490 e. The van der Waals surface area contributed by atoms with Gasteiger partial charge in [0.2, 0.25) is 0 Å². The quantitative estimate of drug-likeness (QED) is 0.0977. The van der Waals surface area contributed by atoms with Crippen molar-refractivity contribution in [1.29, 1.82) is 0 Å². The normalized spacial score (nSPS) is 15.3. The summed E-state index contributed by atoms with van der Waals surface area (Å²) in [5, 5.41) is 19.7. The van der Waals surface area contributed by atoms with E-state index in [4.69, 9.17) is 23.7 Å². The highest BCUT2D eigenvalue weighted by Gasteiger charge is 2.32. The maximum atomic E-state index is 12.4. The van der Waals surface area contributed by atoms with Gasteiger partial charge in [-0.05, 0) is 88.0 Å². The van der Waals surface area contributed by atoms with Crippen molar-refractivity contribution in [2.24, 2.45) is 5.10 Å². The number of ether oxygens (including phenoxy) is 5. The Kier molecular flexibility index (Phi) is 12.6. The molecule has 3 rings (SSSR count). The van der Waals surface area contributed by atoms with Gasteiger partial charge in [-0.25, -0.2) is 14.4 Å². The average molecular weight is 728 g/mol. The van der Waals surface area contributed by atoms with Crippen molar-refractivity contribution in [3.63, 3.8) is 0 Å². The van der Waals surface area contributed by atoms with Crippen molar-refractivity contribution in [3.05, 3.63) is 61.7 Å². The Bertz CT molecular complexity index is 1380. The SMILES string of the molecule is CCOC(=O)COc1c(Br)cc(/C=N\N[C@H](O)COc2ccc([C@@H]3NC(=O)NC(C)=C3C(=O)OC)cc2OCC)cc1Br. The number of hydrogen-bond donors (Lipinski definition) is 4. The van der Waals surface area contributed by atoms with E-state index in [-0.39, 0.29) is 25.4 Å². The van der Waals surface area contributed by atoms with Crippen molar-refractivity contribution in [1.82, 2.24) is 16.1 Å². The Hall–Kier alpha value is -3.82. The van der Waals surface area contributed by atoms with Gasteiger partial charge in [0.15, 0.2) is 24.3 Å².